The lowest BCUT2D eigenvalue weighted by atomic mass is 10.1. The Balaban J connectivity index is 1.66. The first-order valence-corrected chi connectivity index (χ1v) is 10.6. The molecule has 32 heavy (non-hydrogen) atoms. The molecular formula is C25H26N4O3. The maximum Gasteiger partial charge on any atom is 0.275 e. The summed E-state index contributed by atoms with van der Waals surface area (Å²) in [4.78, 5) is 40.6. The van der Waals surface area contributed by atoms with E-state index in [9.17, 15) is 14.4 Å². The summed E-state index contributed by atoms with van der Waals surface area (Å²) >= 11 is 0. The summed E-state index contributed by atoms with van der Waals surface area (Å²) in [5.74, 6) is -0.461. The van der Waals surface area contributed by atoms with Gasteiger partial charge in [0.15, 0.2) is 0 Å². The maximum absolute atomic E-state index is 13.3. The second-order valence-corrected chi connectivity index (χ2v) is 7.91. The average Bonchev–Trinajstić information content (AvgIpc) is 3.26. The van der Waals surface area contributed by atoms with Crippen LogP contribution >= 0.6 is 0 Å². The number of nitrogens with zero attached hydrogens (tertiary/aromatic N) is 2. The van der Waals surface area contributed by atoms with Crippen LogP contribution in [0.1, 0.15) is 18.1 Å². The topological polar surface area (TPSA) is 83.4 Å². The number of hydrogen-bond acceptors (Lipinski definition) is 4. The van der Waals surface area contributed by atoms with Crippen LogP contribution in [-0.4, -0.2) is 34.4 Å². The van der Waals surface area contributed by atoms with Gasteiger partial charge in [0.25, 0.3) is 5.56 Å². The standard InChI is InChI=1S/C25H26N4O3/c1-17(26-2)24(31)27-21-12-13-22(18-8-4-3-5-9-18)29(25(21)32)16-23(30)28-14-19-10-6-7-11-20(19)15-28/h3-13,17,26H,14-16H2,1-2H3,(H,27,31)/t17-/m0/s1. The Morgan fingerprint density at radius 1 is 0.938 bits per heavy atom. The van der Waals surface area contributed by atoms with Gasteiger partial charge >= 0.3 is 0 Å². The molecule has 2 amide bonds. The molecule has 1 aliphatic heterocycles. The van der Waals surface area contributed by atoms with Gasteiger partial charge in [-0.05, 0) is 42.8 Å². The van der Waals surface area contributed by atoms with Crippen molar-refractivity contribution in [2.24, 2.45) is 0 Å². The number of benzene rings is 2. The molecule has 0 saturated heterocycles. The molecule has 7 nitrogen and oxygen atoms in total. The minimum Gasteiger partial charge on any atom is -0.332 e. The zero-order chi connectivity index (χ0) is 22.7. The van der Waals surface area contributed by atoms with E-state index in [0.717, 1.165) is 16.7 Å². The number of likely N-dealkylation sites (N-methyl/N-ethyl adjacent to an activating group) is 1. The third-order valence-corrected chi connectivity index (χ3v) is 5.81. The molecule has 0 fully saturated rings. The van der Waals surface area contributed by atoms with Crippen molar-refractivity contribution in [1.82, 2.24) is 14.8 Å². The summed E-state index contributed by atoms with van der Waals surface area (Å²) in [6.45, 7) is 2.66. The minimum atomic E-state index is -0.457. The molecule has 4 rings (SSSR count). The van der Waals surface area contributed by atoms with E-state index in [1.807, 2.05) is 54.6 Å². The van der Waals surface area contributed by atoms with E-state index < -0.39 is 11.6 Å². The van der Waals surface area contributed by atoms with E-state index in [2.05, 4.69) is 10.6 Å². The molecule has 0 unspecified atom stereocenters. The van der Waals surface area contributed by atoms with Crippen molar-refractivity contribution >= 4 is 17.5 Å². The van der Waals surface area contributed by atoms with E-state index in [1.165, 1.54) is 4.57 Å². The molecule has 2 heterocycles. The molecule has 0 bridgehead atoms. The Bertz CT molecular complexity index is 1180. The molecule has 3 aromatic rings. The quantitative estimate of drug-likeness (QED) is 0.630. The van der Waals surface area contributed by atoms with Crippen LogP contribution < -0.4 is 16.2 Å². The van der Waals surface area contributed by atoms with Crippen molar-refractivity contribution in [2.45, 2.75) is 32.6 Å². The summed E-state index contributed by atoms with van der Waals surface area (Å²) in [6, 6.07) is 20.3. The summed E-state index contributed by atoms with van der Waals surface area (Å²) in [5, 5.41) is 5.53. The fraction of sp³-hybridized carbons (Fsp3) is 0.240. The van der Waals surface area contributed by atoms with Gasteiger partial charge in [0.1, 0.15) is 12.2 Å². The van der Waals surface area contributed by atoms with E-state index in [1.54, 1.807) is 31.0 Å². The van der Waals surface area contributed by atoms with Crippen molar-refractivity contribution in [2.75, 3.05) is 12.4 Å². The van der Waals surface area contributed by atoms with Crippen molar-refractivity contribution in [3.8, 4) is 11.3 Å². The zero-order valence-electron chi connectivity index (χ0n) is 18.2. The van der Waals surface area contributed by atoms with Gasteiger partial charge in [-0.3, -0.25) is 19.0 Å². The second kappa shape index (κ2) is 9.20. The van der Waals surface area contributed by atoms with Crippen LogP contribution in [0.4, 0.5) is 5.69 Å². The van der Waals surface area contributed by atoms with E-state index in [-0.39, 0.29) is 24.0 Å². The SMILES string of the molecule is CN[C@@H](C)C(=O)Nc1ccc(-c2ccccc2)n(CC(=O)N2Cc3ccccc3C2)c1=O. The number of aromatic nitrogens is 1. The van der Waals surface area contributed by atoms with Gasteiger partial charge in [0.05, 0.1) is 11.7 Å². The lowest BCUT2D eigenvalue weighted by Gasteiger charge is -2.20. The number of anilines is 1. The van der Waals surface area contributed by atoms with Gasteiger partial charge in [0.2, 0.25) is 11.8 Å². The summed E-state index contributed by atoms with van der Waals surface area (Å²) in [6.07, 6.45) is 0. The Kier molecular flexibility index (Phi) is 6.18. The van der Waals surface area contributed by atoms with Crippen LogP contribution in [0.15, 0.2) is 71.5 Å². The highest BCUT2D eigenvalue weighted by Crippen LogP contribution is 2.24. The number of nitrogens with one attached hydrogen (secondary N) is 2. The largest absolute Gasteiger partial charge is 0.332 e. The highest BCUT2D eigenvalue weighted by atomic mass is 16.2. The summed E-state index contributed by atoms with van der Waals surface area (Å²) < 4.78 is 1.44. The van der Waals surface area contributed by atoms with E-state index in [4.69, 9.17) is 0 Å². The zero-order valence-corrected chi connectivity index (χ0v) is 18.2. The summed E-state index contributed by atoms with van der Waals surface area (Å²) in [7, 11) is 1.67. The van der Waals surface area contributed by atoms with Crippen molar-refractivity contribution in [1.29, 1.82) is 0 Å². The van der Waals surface area contributed by atoms with Gasteiger partial charge in [0, 0.05) is 13.1 Å². The number of hydrogen-bond donors (Lipinski definition) is 2. The van der Waals surface area contributed by atoms with Gasteiger partial charge < -0.3 is 15.5 Å². The molecule has 164 valence electrons. The first-order valence-electron chi connectivity index (χ1n) is 10.6. The van der Waals surface area contributed by atoms with Crippen LogP contribution in [0.3, 0.4) is 0 Å². The Labute approximate surface area is 186 Å². The third kappa shape index (κ3) is 4.33. The summed E-state index contributed by atoms with van der Waals surface area (Å²) in [5.41, 5.74) is 3.43. The van der Waals surface area contributed by atoms with Crippen molar-refractivity contribution < 1.29 is 9.59 Å². The van der Waals surface area contributed by atoms with E-state index in [0.29, 0.717) is 18.8 Å². The Hall–Kier alpha value is -3.71. The van der Waals surface area contributed by atoms with Gasteiger partial charge in [-0.15, -0.1) is 0 Å². The molecule has 0 aliphatic carbocycles. The lowest BCUT2D eigenvalue weighted by molar-refractivity contribution is -0.132. The molecule has 0 saturated carbocycles. The molecule has 1 aliphatic rings. The van der Waals surface area contributed by atoms with Crippen LogP contribution in [0.5, 0.6) is 0 Å². The number of amides is 2. The first kappa shape index (κ1) is 21.5. The molecule has 2 N–H and O–H groups in total. The fourth-order valence-electron chi connectivity index (χ4n) is 3.81. The predicted octanol–water partition coefficient (Wildman–Crippen LogP) is 2.60. The third-order valence-electron chi connectivity index (χ3n) is 5.81. The number of rotatable bonds is 6. The molecule has 0 spiro atoms. The normalized spacial score (nSPS) is 13.5. The van der Waals surface area contributed by atoms with Crippen molar-refractivity contribution in [3.63, 3.8) is 0 Å². The molecule has 1 aromatic heterocycles. The number of carbonyl (C=O) groups excluding carboxylic acids is 2. The molecule has 7 heteroatoms. The van der Waals surface area contributed by atoms with Crippen LogP contribution in [0.2, 0.25) is 0 Å². The average molecular weight is 431 g/mol. The molecular weight excluding hydrogens is 404 g/mol. The number of carbonyl (C=O) groups is 2. The first-order chi connectivity index (χ1) is 15.5. The van der Waals surface area contributed by atoms with Gasteiger partial charge in [-0.1, -0.05) is 54.6 Å². The Morgan fingerprint density at radius 3 is 2.19 bits per heavy atom. The monoisotopic (exact) mass is 430 g/mol. The molecule has 1 atom stereocenters. The Morgan fingerprint density at radius 2 is 1.56 bits per heavy atom. The second-order valence-electron chi connectivity index (χ2n) is 7.91. The number of pyridine rings is 1. The van der Waals surface area contributed by atoms with Crippen LogP contribution in [0.25, 0.3) is 11.3 Å². The van der Waals surface area contributed by atoms with Gasteiger partial charge in [-0.2, -0.15) is 0 Å². The number of fused-ring (bicyclic) bond motifs is 1. The highest BCUT2D eigenvalue weighted by molar-refractivity contribution is 5.94. The van der Waals surface area contributed by atoms with E-state index >= 15 is 0 Å². The minimum absolute atomic E-state index is 0.109. The van der Waals surface area contributed by atoms with Crippen molar-refractivity contribution in [3.05, 3.63) is 88.2 Å². The van der Waals surface area contributed by atoms with Gasteiger partial charge in [-0.25, -0.2) is 0 Å². The lowest BCUT2D eigenvalue weighted by Crippen LogP contribution is -2.39. The fourth-order valence-corrected chi connectivity index (χ4v) is 3.81. The predicted molar refractivity (Wildman–Crippen MR) is 124 cm³/mol. The smallest absolute Gasteiger partial charge is 0.275 e. The van der Waals surface area contributed by atoms with Crippen LogP contribution in [0, 0.1) is 0 Å². The highest BCUT2D eigenvalue weighted by Gasteiger charge is 2.24. The maximum atomic E-state index is 13.3. The van der Waals surface area contributed by atoms with Crippen LogP contribution in [-0.2, 0) is 29.2 Å². The molecule has 0 radical (unpaired) electrons. The molecule has 2 aromatic carbocycles.